The quantitative estimate of drug-likeness (QED) is 0.664. The highest BCUT2D eigenvalue weighted by molar-refractivity contribution is 5.42. The second-order valence-electron chi connectivity index (χ2n) is 6.55. The Bertz CT molecular complexity index is 524. The first-order chi connectivity index (χ1) is 9.20. The number of benzene rings is 1. The molecule has 0 aromatic heterocycles. The second kappa shape index (κ2) is 4.74. The van der Waals surface area contributed by atoms with Crippen LogP contribution in [0, 0.1) is 20.9 Å². The van der Waals surface area contributed by atoms with E-state index in [1.54, 1.807) is 6.07 Å². The summed E-state index contributed by atoms with van der Waals surface area (Å²) in [4.78, 5) is 10.5. The van der Waals surface area contributed by atoms with Crippen molar-refractivity contribution in [3.05, 3.63) is 33.9 Å². The normalized spacial score (nSPS) is 19.6. The molecule has 0 aliphatic heterocycles. The Morgan fingerprint density at radius 3 is 2.30 bits per heavy atom. The van der Waals surface area contributed by atoms with Crippen molar-refractivity contribution >= 4 is 5.69 Å². The topological polar surface area (TPSA) is 64.4 Å². The number of hydrogen-bond donors (Lipinski definition) is 1. The molecule has 1 aromatic carbocycles. The van der Waals surface area contributed by atoms with Gasteiger partial charge >= 0.3 is 0 Å². The molecule has 1 saturated carbocycles. The summed E-state index contributed by atoms with van der Waals surface area (Å²) < 4.78 is 5.12. The summed E-state index contributed by atoms with van der Waals surface area (Å²) >= 11 is 0. The minimum Gasteiger partial charge on any atom is -0.496 e. The molecule has 0 heterocycles. The van der Waals surface area contributed by atoms with Gasteiger partial charge in [-0.05, 0) is 22.5 Å². The number of methoxy groups -OCH3 is 1. The van der Waals surface area contributed by atoms with Crippen LogP contribution >= 0.6 is 0 Å². The zero-order valence-corrected chi connectivity index (χ0v) is 12.7. The summed E-state index contributed by atoms with van der Waals surface area (Å²) in [5.74, 6) is 0.519. The van der Waals surface area contributed by atoms with E-state index in [0.717, 1.165) is 5.56 Å². The zero-order chi connectivity index (χ0) is 15.1. The first-order valence-corrected chi connectivity index (χ1v) is 6.76. The fourth-order valence-electron chi connectivity index (χ4n) is 2.90. The van der Waals surface area contributed by atoms with E-state index < -0.39 is 4.92 Å². The molecule has 1 aromatic rings. The number of ether oxygens (including phenoxy) is 1. The van der Waals surface area contributed by atoms with Crippen LogP contribution in [0.2, 0.25) is 0 Å². The Kier molecular flexibility index (Phi) is 3.50. The molecular formula is C15H22N2O3. The molecule has 0 spiro atoms. The van der Waals surface area contributed by atoms with Crippen molar-refractivity contribution in [1.82, 2.24) is 5.32 Å². The lowest BCUT2D eigenvalue weighted by atomic mass is 10.0. The SMILES string of the molecule is COc1cc(CNC2C(C)(C)C2(C)C)cc([N+](=O)[O-])c1. The van der Waals surface area contributed by atoms with Crippen LogP contribution in [0.1, 0.15) is 33.3 Å². The predicted octanol–water partition coefficient (Wildman–Crippen LogP) is 3.13. The average molecular weight is 278 g/mol. The summed E-state index contributed by atoms with van der Waals surface area (Å²) in [5, 5.41) is 14.4. The lowest BCUT2D eigenvalue weighted by Gasteiger charge is -2.08. The summed E-state index contributed by atoms with van der Waals surface area (Å²) in [6.07, 6.45) is 0. The molecule has 2 rings (SSSR count). The van der Waals surface area contributed by atoms with Crippen molar-refractivity contribution in [3.63, 3.8) is 0 Å². The van der Waals surface area contributed by atoms with Crippen LogP contribution in [-0.4, -0.2) is 18.1 Å². The van der Waals surface area contributed by atoms with Gasteiger partial charge in [0.05, 0.1) is 18.1 Å². The van der Waals surface area contributed by atoms with Crippen LogP contribution in [0.5, 0.6) is 5.75 Å². The molecule has 0 bridgehead atoms. The van der Waals surface area contributed by atoms with Gasteiger partial charge in [-0.15, -0.1) is 0 Å². The van der Waals surface area contributed by atoms with E-state index in [0.29, 0.717) is 18.3 Å². The Labute approximate surface area is 119 Å². The fourth-order valence-corrected chi connectivity index (χ4v) is 2.90. The molecule has 20 heavy (non-hydrogen) atoms. The van der Waals surface area contributed by atoms with E-state index in [9.17, 15) is 10.1 Å². The van der Waals surface area contributed by atoms with Crippen molar-refractivity contribution in [2.45, 2.75) is 40.3 Å². The maximum Gasteiger partial charge on any atom is 0.273 e. The van der Waals surface area contributed by atoms with Crippen LogP contribution in [0.15, 0.2) is 18.2 Å². The Balaban J connectivity index is 2.11. The molecule has 1 N–H and O–H groups in total. The van der Waals surface area contributed by atoms with Crippen molar-refractivity contribution in [2.24, 2.45) is 10.8 Å². The van der Waals surface area contributed by atoms with Gasteiger partial charge < -0.3 is 10.1 Å². The molecule has 0 radical (unpaired) electrons. The first kappa shape index (κ1) is 14.8. The Morgan fingerprint density at radius 1 is 1.25 bits per heavy atom. The van der Waals surface area contributed by atoms with E-state index in [2.05, 4.69) is 33.0 Å². The molecule has 5 heteroatoms. The minimum atomic E-state index is -0.392. The number of non-ortho nitro benzene ring substituents is 1. The number of nitrogens with zero attached hydrogens (tertiary/aromatic N) is 1. The maximum atomic E-state index is 10.9. The van der Waals surface area contributed by atoms with Crippen LogP contribution in [0.4, 0.5) is 5.69 Å². The third kappa shape index (κ3) is 2.38. The van der Waals surface area contributed by atoms with Crippen molar-refractivity contribution in [3.8, 4) is 5.75 Å². The van der Waals surface area contributed by atoms with E-state index in [1.807, 2.05) is 6.07 Å². The average Bonchev–Trinajstić information content (AvgIpc) is 2.76. The standard InChI is InChI=1S/C15H22N2O3/c1-14(2)13(15(14,3)4)16-9-10-6-11(17(18)19)8-12(7-10)20-5/h6-8,13,16H,9H2,1-5H3. The summed E-state index contributed by atoms with van der Waals surface area (Å²) in [6.45, 7) is 9.55. The largest absolute Gasteiger partial charge is 0.496 e. The van der Waals surface area contributed by atoms with E-state index >= 15 is 0 Å². The van der Waals surface area contributed by atoms with Gasteiger partial charge in [0.15, 0.2) is 0 Å². The van der Waals surface area contributed by atoms with Crippen LogP contribution in [0.3, 0.4) is 0 Å². The smallest absolute Gasteiger partial charge is 0.273 e. The van der Waals surface area contributed by atoms with E-state index in [1.165, 1.54) is 13.2 Å². The minimum absolute atomic E-state index is 0.0652. The van der Waals surface area contributed by atoms with Crippen LogP contribution in [-0.2, 0) is 6.54 Å². The molecule has 1 fully saturated rings. The molecule has 1 aliphatic rings. The molecule has 0 unspecified atom stereocenters. The number of nitrogens with one attached hydrogen (secondary N) is 1. The molecule has 5 nitrogen and oxygen atoms in total. The highest BCUT2D eigenvalue weighted by Crippen LogP contribution is 2.62. The van der Waals surface area contributed by atoms with Crippen molar-refractivity contribution in [1.29, 1.82) is 0 Å². The van der Waals surface area contributed by atoms with Gasteiger partial charge in [0.25, 0.3) is 5.69 Å². The molecule has 1 aliphatic carbocycles. The third-order valence-electron chi connectivity index (χ3n) is 4.93. The van der Waals surface area contributed by atoms with Gasteiger partial charge in [0.1, 0.15) is 5.75 Å². The number of nitro groups is 1. The van der Waals surface area contributed by atoms with Crippen LogP contribution in [0.25, 0.3) is 0 Å². The second-order valence-corrected chi connectivity index (χ2v) is 6.55. The summed E-state index contributed by atoms with van der Waals surface area (Å²) in [7, 11) is 1.52. The number of rotatable bonds is 5. The van der Waals surface area contributed by atoms with Gasteiger partial charge in [-0.3, -0.25) is 10.1 Å². The molecular weight excluding hydrogens is 256 g/mol. The Hall–Kier alpha value is -1.62. The van der Waals surface area contributed by atoms with Gasteiger partial charge in [-0.1, -0.05) is 27.7 Å². The molecule has 0 atom stereocenters. The Morgan fingerprint density at radius 2 is 1.85 bits per heavy atom. The number of nitro benzene ring substituents is 1. The van der Waals surface area contributed by atoms with Gasteiger partial charge in [-0.2, -0.15) is 0 Å². The van der Waals surface area contributed by atoms with Gasteiger partial charge in [-0.25, -0.2) is 0 Å². The van der Waals surface area contributed by atoms with E-state index in [4.69, 9.17) is 4.74 Å². The molecule has 110 valence electrons. The highest BCUT2D eigenvalue weighted by atomic mass is 16.6. The zero-order valence-electron chi connectivity index (χ0n) is 12.7. The third-order valence-corrected chi connectivity index (χ3v) is 4.93. The molecule has 0 amide bonds. The number of hydrogen-bond acceptors (Lipinski definition) is 4. The first-order valence-electron chi connectivity index (χ1n) is 6.76. The molecule has 0 saturated heterocycles. The lowest BCUT2D eigenvalue weighted by Crippen LogP contribution is -2.21. The van der Waals surface area contributed by atoms with Crippen molar-refractivity contribution < 1.29 is 9.66 Å². The van der Waals surface area contributed by atoms with Gasteiger partial charge in [0, 0.05) is 18.7 Å². The summed E-state index contributed by atoms with van der Waals surface area (Å²) in [5.41, 5.74) is 1.43. The van der Waals surface area contributed by atoms with Gasteiger partial charge in [0.2, 0.25) is 0 Å². The fraction of sp³-hybridized carbons (Fsp3) is 0.600. The monoisotopic (exact) mass is 278 g/mol. The summed E-state index contributed by atoms with van der Waals surface area (Å²) in [6, 6.07) is 5.29. The van der Waals surface area contributed by atoms with Crippen molar-refractivity contribution in [2.75, 3.05) is 7.11 Å². The van der Waals surface area contributed by atoms with Crippen LogP contribution < -0.4 is 10.1 Å². The maximum absolute atomic E-state index is 10.9. The van der Waals surface area contributed by atoms with E-state index in [-0.39, 0.29) is 16.5 Å². The lowest BCUT2D eigenvalue weighted by molar-refractivity contribution is -0.385. The highest BCUT2D eigenvalue weighted by Gasteiger charge is 2.64. The predicted molar refractivity (Wildman–Crippen MR) is 77.8 cm³/mol.